The van der Waals surface area contributed by atoms with Crippen LogP contribution in [0, 0.1) is 0 Å². The maximum atomic E-state index is 11.9. The second-order valence-electron chi connectivity index (χ2n) is 3.42. The number of alkyl halides is 2. The van der Waals surface area contributed by atoms with Crippen molar-refractivity contribution in [2.45, 2.75) is 25.5 Å². The smallest absolute Gasteiger partial charge is 0.387 e. The van der Waals surface area contributed by atoms with Crippen molar-refractivity contribution in [3.05, 3.63) is 29.8 Å². The largest absolute Gasteiger partial charge is 0.435 e. The molecule has 0 heterocycles. The summed E-state index contributed by atoms with van der Waals surface area (Å²) >= 11 is 0. The van der Waals surface area contributed by atoms with E-state index in [2.05, 4.69) is 4.74 Å². The molecule has 1 rings (SSSR count). The zero-order chi connectivity index (χ0) is 12.0. The molecule has 1 aromatic carbocycles. The van der Waals surface area contributed by atoms with Crippen molar-refractivity contribution in [3.8, 4) is 5.75 Å². The lowest BCUT2D eigenvalue weighted by atomic mass is 10.0. The quantitative estimate of drug-likeness (QED) is 0.787. The highest BCUT2D eigenvalue weighted by Gasteiger charge is 2.07. The molecule has 90 valence electrons. The Kier molecular flexibility index (Phi) is 5.14. The van der Waals surface area contributed by atoms with Gasteiger partial charge >= 0.3 is 6.61 Å². The van der Waals surface area contributed by atoms with Crippen molar-refractivity contribution in [2.75, 3.05) is 6.61 Å². The van der Waals surface area contributed by atoms with E-state index in [0.29, 0.717) is 12.8 Å². The minimum atomic E-state index is -2.81. The predicted octanol–water partition coefficient (Wildman–Crippen LogP) is 2.06. The first-order valence-electron chi connectivity index (χ1n) is 5.04. The van der Waals surface area contributed by atoms with Crippen molar-refractivity contribution in [3.63, 3.8) is 0 Å². The van der Waals surface area contributed by atoms with Gasteiger partial charge in [0.15, 0.2) is 0 Å². The molecule has 0 amide bonds. The van der Waals surface area contributed by atoms with Crippen LogP contribution in [0.4, 0.5) is 8.78 Å². The number of nitrogens with two attached hydrogens (primary N) is 1. The summed E-state index contributed by atoms with van der Waals surface area (Å²) in [4.78, 5) is 0. The fraction of sp³-hybridized carbons (Fsp3) is 0.455. The van der Waals surface area contributed by atoms with Crippen molar-refractivity contribution in [1.82, 2.24) is 0 Å². The number of halogens is 2. The molecule has 0 saturated carbocycles. The van der Waals surface area contributed by atoms with Gasteiger partial charge in [-0.3, -0.25) is 0 Å². The summed E-state index contributed by atoms with van der Waals surface area (Å²) in [6.07, 6.45) is 1.28. The molecule has 0 bridgehead atoms. The minimum absolute atomic E-state index is 0.0975. The van der Waals surface area contributed by atoms with E-state index in [0.717, 1.165) is 5.56 Å². The lowest BCUT2D eigenvalue weighted by molar-refractivity contribution is -0.0498. The van der Waals surface area contributed by atoms with Gasteiger partial charge in [0.25, 0.3) is 0 Å². The number of benzene rings is 1. The van der Waals surface area contributed by atoms with Crippen LogP contribution >= 0.6 is 0 Å². The Morgan fingerprint density at radius 3 is 2.38 bits per heavy atom. The fourth-order valence-corrected chi connectivity index (χ4v) is 1.37. The van der Waals surface area contributed by atoms with Crippen molar-refractivity contribution >= 4 is 0 Å². The molecular weight excluding hydrogens is 216 g/mol. The molecule has 0 spiro atoms. The summed E-state index contributed by atoms with van der Waals surface area (Å²) in [7, 11) is 0. The molecule has 1 aromatic rings. The predicted molar refractivity (Wildman–Crippen MR) is 56.3 cm³/mol. The summed E-state index contributed by atoms with van der Waals surface area (Å²) in [6.45, 7) is -2.71. The van der Waals surface area contributed by atoms with E-state index < -0.39 is 6.61 Å². The average molecular weight is 231 g/mol. The van der Waals surface area contributed by atoms with Crippen LogP contribution in [0.25, 0.3) is 0 Å². The normalized spacial score (nSPS) is 12.8. The SMILES string of the molecule is N[C@@H](CCCO)c1ccc(OC(F)F)cc1. The minimum Gasteiger partial charge on any atom is -0.435 e. The molecule has 0 saturated heterocycles. The monoisotopic (exact) mass is 231 g/mol. The molecular formula is C11H15F2NO2. The first-order chi connectivity index (χ1) is 7.63. The molecule has 0 fully saturated rings. The standard InChI is InChI=1S/C11H15F2NO2/c12-11(13)16-9-5-3-8(4-6-9)10(14)2-1-7-15/h3-6,10-11,15H,1-2,7,14H2/t10-/m0/s1. The summed E-state index contributed by atoms with van der Waals surface area (Å²) in [6, 6.07) is 6.04. The Hall–Kier alpha value is -1.20. The van der Waals surface area contributed by atoms with Gasteiger partial charge in [0.2, 0.25) is 0 Å². The third-order valence-corrected chi connectivity index (χ3v) is 2.21. The highest BCUT2D eigenvalue weighted by Crippen LogP contribution is 2.20. The van der Waals surface area contributed by atoms with E-state index >= 15 is 0 Å². The van der Waals surface area contributed by atoms with Crippen LogP contribution in [-0.2, 0) is 0 Å². The van der Waals surface area contributed by atoms with Crippen LogP contribution in [0.3, 0.4) is 0 Å². The van der Waals surface area contributed by atoms with E-state index in [9.17, 15) is 8.78 Å². The summed E-state index contributed by atoms with van der Waals surface area (Å²) in [5, 5.41) is 8.65. The van der Waals surface area contributed by atoms with Gasteiger partial charge in [0.05, 0.1) is 0 Å². The topological polar surface area (TPSA) is 55.5 Å². The van der Waals surface area contributed by atoms with Gasteiger partial charge < -0.3 is 15.6 Å². The number of hydrogen-bond donors (Lipinski definition) is 2. The summed E-state index contributed by atoms with van der Waals surface area (Å²) in [5.41, 5.74) is 6.67. The van der Waals surface area contributed by atoms with Gasteiger partial charge in [0.1, 0.15) is 5.75 Å². The number of hydrogen-bond acceptors (Lipinski definition) is 3. The number of aliphatic hydroxyl groups is 1. The van der Waals surface area contributed by atoms with Crippen LogP contribution in [0.15, 0.2) is 24.3 Å². The van der Waals surface area contributed by atoms with Crippen LogP contribution < -0.4 is 10.5 Å². The molecule has 0 unspecified atom stereocenters. The Labute approximate surface area is 92.8 Å². The molecule has 3 N–H and O–H groups in total. The molecule has 0 aliphatic rings. The Morgan fingerprint density at radius 1 is 1.25 bits per heavy atom. The number of ether oxygens (including phenoxy) is 1. The lowest BCUT2D eigenvalue weighted by Crippen LogP contribution is -2.10. The van der Waals surface area contributed by atoms with Crippen LogP contribution in [0.2, 0.25) is 0 Å². The van der Waals surface area contributed by atoms with E-state index in [-0.39, 0.29) is 18.4 Å². The van der Waals surface area contributed by atoms with Crippen LogP contribution in [-0.4, -0.2) is 18.3 Å². The molecule has 0 aliphatic carbocycles. The molecule has 1 atom stereocenters. The summed E-state index contributed by atoms with van der Waals surface area (Å²) in [5.74, 6) is 0.119. The third kappa shape index (κ3) is 4.12. The van der Waals surface area contributed by atoms with E-state index in [1.165, 1.54) is 12.1 Å². The molecule has 0 aromatic heterocycles. The van der Waals surface area contributed by atoms with Crippen molar-refractivity contribution in [2.24, 2.45) is 5.73 Å². The zero-order valence-electron chi connectivity index (χ0n) is 8.77. The van der Waals surface area contributed by atoms with Crippen molar-refractivity contribution < 1.29 is 18.6 Å². The first-order valence-corrected chi connectivity index (χ1v) is 5.04. The van der Waals surface area contributed by atoms with E-state index in [4.69, 9.17) is 10.8 Å². The van der Waals surface area contributed by atoms with E-state index in [1.807, 2.05) is 0 Å². The van der Waals surface area contributed by atoms with Gasteiger partial charge in [-0.15, -0.1) is 0 Å². The van der Waals surface area contributed by atoms with Gasteiger partial charge in [-0.05, 0) is 30.5 Å². The van der Waals surface area contributed by atoms with Crippen LogP contribution in [0.1, 0.15) is 24.4 Å². The second-order valence-corrected chi connectivity index (χ2v) is 3.42. The lowest BCUT2D eigenvalue weighted by Gasteiger charge is -2.12. The number of aliphatic hydroxyl groups excluding tert-OH is 1. The Balaban J connectivity index is 2.56. The van der Waals surface area contributed by atoms with Crippen LogP contribution in [0.5, 0.6) is 5.75 Å². The molecule has 0 aliphatic heterocycles. The highest BCUT2D eigenvalue weighted by molar-refractivity contribution is 5.29. The Morgan fingerprint density at radius 2 is 1.88 bits per heavy atom. The third-order valence-electron chi connectivity index (χ3n) is 2.21. The highest BCUT2D eigenvalue weighted by atomic mass is 19.3. The summed E-state index contributed by atoms with van der Waals surface area (Å²) < 4.78 is 28.0. The molecule has 16 heavy (non-hydrogen) atoms. The van der Waals surface area contributed by atoms with Gasteiger partial charge in [-0.1, -0.05) is 12.1 Å². The molecule has 5 heteroatoms. The fourth-order valence-electron chi connectivity index (χ4n) is 1.37. The Bertz CT molecular complexity index is 303. The van der Waals surface area contributed by atoms with Gasteiger partial charge in [0, 0.05) is 12.6 Å². The maximum Gasteiger partial charge on any atom is 0.387 e. The molecule has 0 radical (unpaired) electrons. The van der Waals surface area contributed by atoms with Crippen molar-refractivity contribution in [1.29, 1.82) is 0 Å². The van der Waals surface area contributed by atoms with E-state index in [1.54, 1.807) is 12.1 Å². The average Bonchev–Trinajstić information content (AvgIpc) is 2.26. The molecule has 3 nitrogen and oxygen atoms in total. The van der Waals surface area contributed by atoms with Gasteiger partial charge in [-0.25, -0.2) is 0 Å². The second kappa shape index (κ2) is 6.40. The zero-order valence-corrected chi connectivity index (χ0v) is 8.77. The first kappa shape index (κ1) is 12.9. The number of rotatable bonds is 6. The van der Waals surface area contributed by atoms with Gasteiger partial charge in [-0.2, -0.15) is 8.78 Å². The maximum absolute atomic E-state index is 11.9.